The van der Waals surface area contributed by atoms with Crippen LogP contribution in [0.5, 0.6) is 5.75 Å². The third kappa shape index (κ3) is 3.65. The molecule has 92 valence electrons. The lowest BCUT2D eigenvalue weighted by Crippen LogP contribution is -2.18. The van der Waals surface area contributed by atoms with Gasteiger partial charge in [-0.3, -0.25) is 0 Å². The highest BCUT2D eigenvalue weighted by Crippen LogP contribution is 2.30. The molecule has 4 heteroatoms. The molecule has 2 nitrogen and oxygen atoms in total. The molecule has 0 amide bonds. The SMILES string of the molecule is CCC(C)[C@@H](N)c1ccc(OC)c(Br)c1.Cl. The summed E-state index contributed by atoms with van der Waals surface area (Å²) in [5.74, 6) is 1.33. The molecule has 0 spiro atoms. The minimum Gasteiger partial charge on any atom is -0.496 e. The first kappa shape index (κ1) is 15.8. The number of benzene rings is 1. The molecule has 0 fully saturated rings. The molecule has 2 N–H and O–H groups in total. The zero-order valence-electron chi connectivity index (χ0n) is 9.87. The molecule has 1 unspecified atom stereocenters. The summed E-state index contributed by atoms with van der Waals surface area (Å²) in [5, 5.41) is 0. The molecule has 0 aliphatic heterocycles. The summed E-state index contributed by atoms with van der Waals surface area (Å²) in [7, 11) is 1.66. The molecule has 0 aliphatic carbocycles. The van der Waals surface area contributed by atoms with Gasteiger partial charge in [0, 0.05) is 6.04 Å². The molecule has 1 aromatic rings. The first-order valence-corrected chi connectivity index (χ1v) is 5.98. The minimum atomic E-state index is 0. The maximum absolute atomic E-state index is 6.15. The van der Waals surface area contributed by atoms with Crippen LogP contribution in [0.4, 0.5) is 0 Å². The second-order valence-corrected chi connectivity index (χ2v) is 4.66. The van der Waals surface area contributed by atoms with Gasteiger partial charge in [-0.2, -0.15) is 0 Å². The maximum Gasteiger partial charge on any atom is 0.133 e. The fourth-order valence-corrected chi connectivity index (χ4v) is 2.03. The lowest BCUT2D eigenvalue weighted by molar-refractivity contribution is 0.410. The first-order valence-electron chi connectivity index (χ1n) is 5.19. The molecule has 0 aliphatic rings. The van der Waals surface area contributed by atoms with Crippen molar-refractivity contribution in [2.24, 2.45) is 11.7 Å². The average molecular weight is 309 g/mol. The van der Waals surface area contributed by atoms with Crippen molar-refractivity contribution in [1.82, 2.24) is 0 Å². The number of nitrogens with two attached hydrogens (primary N) is 1. The molecule has 2 atom stereocenters. The number of methoxy groups -OCH3 is 1. The summed E-state index contributed by atoms with van der Waals surface area (Å²) in [6.07, 6.45) is 1.09. The summed E-state index contributed by atoms with van der Waals surface area (Å²) in [5.41, 5.74) is 7.30. The normalized spacial score (nSPS) is 13.8. The quantitative estimate of drug-likeness (QED) is 0.915. The van der Waals surface area contributed by atoms with Crippen LogP contribution in [0.3, 0.4) is 0 Å². The van der Waals surface area contributed by atoms with Gasteiger partial charge in [0.15, 0.2) is 0 Å². The van der Waals surface area contributed by atoms with Crippen molar-refractivity contribution < 1.29 is 4.74 Å². The molecule has 0 saturated heterocycles. The molecular weight excluding hydrogens is 289 g/mol. The third-order valence-corrected chi connectivity index (χ3v) is 3.44. The molecule has 0 aromatic heterocycles. The van der Waals surface area contributed by atoms with E-state index in [0.29, 0.717) is 5.92 Å². The smallest absolute Gasteiger partial charge is 0.133 e. The molecular formula is C12H19BrClNO. The van der Waals surface area contributed by atoms with Gasteiger partial charge in [0.2, 0.25) is 0 Å². The van der Waals surface area contributed by atoms with Gasteiger partial charge in [0.1, 0.15) is 5.75 Å². The van der Waals surface area contributed by atoms with Crippen LogP contribution in [0, 0.1) is 5.92 Å². The number of rotatable bonds is 4. The molecule has 0 bridgehead atoms. The van der Waals surface area contributed by atoms with Gasteiger partial charge < -0.3 is 10.5 Å². The number of hydrogen-bond donors (Lipinski definition) is 1. The van der Waals surface area contributed by atoms with Crippen LogP contribution >= 0.6 is 28.3 Å². The molecule has 0 radical (unpaired) electrons. The second-order valence-electron chi connectivity index (χ2n) is 3.81. The highest BCUT2D eigenvalue weighted by molar-refractivity contribution is 9.10. The van der Waals surface area contributed by atoms with Gasteiger partial charge in [0.25, 0.3) is 0 Å². The van der Waals surface area contributed by atoms with E-state index in [1.54, 1.807) is 7.11 Å². The third-order valence-electron chi connectivity index (χ3n) is 2.82. The monoisotopic (exact) mass is 307 g/mol. The van der Waals surface area contributed by atoms with Gasteiger partial charge in [-0.05, 0) is 39.5 Å². The maximum atomic E-state index is 6.15. The predicted molar refractivity (Wildman–Crippen MR) is 74.3 cm³/mol. The van der Waals surface area contributed by atoms with Crippen molar-refractivity contribution in [2.75, 3.05) is 7.11 Å². The van der Waals surface area contributed by atoms with Crippen LogP contribution in [-0.2, 0) is 0 Å². The van der Waals surface area contributed by atoms with Crippen molar-refractivity contribution in [3.05, 3.63) is 28.2 Å². The Hall–Kier alpha value is -0.250. The fraction of sp³-hybridized carbons (Fsp3) is 0.500. The van der Waals surface area contributed by atoms with Gasteiger partial charge in [-0.1, -0.05) is 26.3 Å². The van der Waals surface area contributed by atoms with Crippen LogP contribution in [0.2, 0.25) is 0 Å². The van der Waals surface area contributed by atoms with E-state index in [9.17, 15) is 0 Å². The Morgan fingerprint density at radius 1 is 1.44 bits per heavy atom. The molecule has 0 heterocycles. The van der Waals surface area contributed by atoms with E-state index < -0.39 is 0 Å². The Morgan fingerprint density at radius 2 is 2.06 bits per heavy atom. The topological polar surface area (TPSA) is 35.2 Å². The summed E-state index contributed by atoms with van der Waals surface area (Å²) in [4.78, 5) is 0. The van der Waals surface area contributed by atoms with E-state index >= 15 is 0 Å². The van der Waals surface area contributed by atoms with Gasteiger partial charge in [0.05, 0.1) is 11.6 Å². The largest absolute Gasteiger partial charge is 0.496 e. The Kier molecular flexibility index (Phi) is 7.04. The van der Waals surface area contributed by atoms with E-state index in [4.69, 9.17) is 10.5 Å². The van der Waals surface area contributed by atoms with Crippen molar-refractivity contribution in [3.8, 4) is 5.75 Å². The Morgan fingerprint density at radius 3 is 2.50 bits per heavy atom. The molecule has 0 saturated carbocycles. The zero-order chi connectivity index (χ0) is 11.4. The highest BCUT2D eigenvalue weighted by atomic mass is 79.9. The van der Waals surface area contributed by atoms with E-state index in [0.717, 1.165) is 22.2 Å². The molecule has 1 aromatic carbocycles. The Balaban J connectivity index is 0.00000225. The first-order chi connectivity index (χ1) is 7.10. The summed E-state index contributed by atoms with van der Waals surface area (Å²) in [6, 6.07) is 6.11. The van der Waals surface area contributed by atoms with Crippen molar-refractivity contribution in [1.29, 1.82) is 0 Å². The van der Waals surface area contributed by atoms with Crippen LogP contribution in [0.25, 0.3) is 0 Å². The second kappa shape index (κ2) is 7.15. The summed E-state index contributed by atoms with van der Waals surface area (Å²) >= 11 is 3.47. The lowest BCUT2D eigenvalue weighted by atomic mass is 9.93. The number of halogens is 2. The minimum absolute atomic E-state index is 0. The van der Waals surface area contributed by atoms with Gasteiger partial charge in [-0.25, -0.2) is 0 Å². The van der Waals surface area contributed by atoms with E-state index in [1.165, 1.54) is 0 Å². The van der Waals surface area contributed by atoms with Gasteiger partial charge >= 0.3 is 0 Å². The molecule has 1 rings (SSSR count). The lowest BCUT2D eigenvalue weighted by Gasteiger charge is -2.19. The van der Waals surface area contributed by atoms with Crippen molar-refractivity contribution in [3.63, 3.8) is 0 Å². The van der Waals surface area contributed by atoms with Crippen LogP contribution in [0.15, 0.2) is 22.7 Å². The summed E-state index contributed by atoms with van der Waals surface area (Å²) in [6.45, 7) is 4.33. The summed E-state index contributed by atoms with van der Waals surface area (Å²) < 4.78 is 6.14. The van der Waals surface area contributed by atoms with Crippen LogP contribution in [-0.4, -0.2) is 7.11 Å². The Bertz CT molecular complexity index is 333. The zero-order valence-corrected chi connectivity index (χ0v) is 12.3. The van der Waals surface area contributed by atoms with Gasteiger partial charge in [-0.15, -0.1) is 12.4 Å². The van der Waals surface area contributed by atoms with Crippen LogP contribution in [0.1, 0.15) is 31.9 Å². The predicted octanol–water partition coefficient (Wildman–Crippen LogP) is 3.93. The Labute approximate surface area is 112 Å². The van der Waals surface area contributed by atoms with Crippen molar-refractivity contribution in [2.45, 2.75) is 26.3 Å². The number of hydrogen-bond acceptors (Lipinski definition) is 2. The van der Waals surface area contributed by atoms with E-state index in [2.05, 4.69) is 29.8 Å². The van der Waals surface area contributed by atoms with E-state index in [1.807, 2.05) is 18.2 Å². The molecule has 16 heavy (non-hydrogen) atoms. The van der Waals surface area contributed by atoms with Crippen LogP contribution < -0.4 is 10.5 Å². The standard InChI is InChI=1S/C12H18BrNO.ClH/c1-4-8(2)12(14)9-5-6-11(15-3)10(13)7-9;/h5-8,12H,4,14H2,1-3H3;1H/t8?,12-;/m1./s1. The average Bonchev–Trinajstić information content (AvgIpc) is 2.26. The number of ether oxygens (including phenoxy) is 1. The highest BCUT2D eigenvalue weighted by Gasteiger charge is 2.14. The van der Waals surface area contributed by atoms with Crippen molar-refractivity contribution >= 4 is 28.3 Å². The fourth-order valence-electron chi connectivity index (χ4n) is 1.47. The van der Waals surface area contributed by atoms with E-state index in [-0.39, 0.29) is 18.4 Å².